The van der Waals surface area contributed by atoms with E-state index in [0.29, 0.717) is 27.7 Å². The third kappa shape index (κ3) is 3.55. The van der Waals surface area contributed by atoms with Crippen molar-refractivity contribution in [1.29, 1.82) is 0 Å². The Kier molecular flexibility index (Phi) is 4.95. The fourth-order valence-electron chi connectivity index (χ4n) is 2.59. The number of ether oxygens (including phenoxy) is 1. The Morgan fingerprint density at radius 2 is 2.00 bits per heavy atom. The summed E-state index contributed by atoms with van der Waals surface area (Å²) >= 11 is 6.07. The number of nitrogens with zero attached hydrogens (tertiary/aromatic N) is 2. The maximum Gasteiger partial charge on any atom is 0.276 e. The van der Waals surface area contributed by atoms with Gasteiger partial charge in [0, 0.05) is 18.3 Å². The molecule has 0 atom stereocenters. The molecular formula is C19H17ClFN3O2. The third-order valence-electron chi connectivity index (χ3n) is 3.98. The van der Waals surface area contributed by atoms with E-state index < -0.39 is 0 Å². The van der Waals surface area contributed by atoms with Crippen LogP contribution >= 0.6 is 11.6 Å². The molecule has 0 fully saturated rings. The molecule has 0 unspecified atom stereocenters. The van der Waals surface area contributed by atoms with Crippen molar-refractivity contribution in [3.63, 3.8) is 0 Å². The fourth-order valence-corrected chi connectivity index (χ4v) is 2.85. The molecule has 7 heteroatoms. The van der Waals surface area contributed by atoms with Crippen LogP contribution in [0.5, 0.6) is 5.75 Å². The lowest BCUT2D eigenvalue weighted by Crippen LogP contribution is -2.13. The highest BCUT2D eigenvalue weighted by Gasteiger charge is 2.15. The van der Waals surface area contributed by atoms with E-state index in [9.17, 15) is 9.18 Å². The molecule has 1 heterocycles. The van der Waals surface area contributed by atoms with Gasteiger partial charge in [-0.25, -0.2) is 4.39 Å². The normalized spacial score (nSPS) is 10.7. The first kappa shape index (κ1) is 17.9. The molecule has 0 aliphatic carbocycles. The number of carbonyl (C=O) groups is 1. The van der Waals surface area contributed by atoms with Crippen LogP contribution in [0.25, 0.3) is 11.3 Å². The summed E-state index contributed by atoms with van der Waals surface area (Å²) in [6.07, 6.45) is 0. The van der Waals surface area contributed by atoms with Crippen molar-refractivity contribution in [3.8, 4) is 17.0 Å². The molecule has 0 saturated heterocycles. The van der Waals surface area contributed by atoms with Crippen molar-refractivity contribution in [3.05, 3.63) is 64.6 Å². The van der Waals surface area contributed by atoms with Crippen LogP contribution in [0.3, 0.4) is 0 Å². The minimum absolute atomic E-state index is 0.247. The van der Waals surface area contributed by atoms with Crippen molar-refractivity contribution in [2.75, 3.05) is 12.4 Å². The third-order valence-corrected chi connectivity index (χ3v) is 4.27. The molecule has 0 saturated carbocycles. The zero-order valence-corrected chi connectivity index (χ0v) is 15.3. The number of halogens is 2. The van der Waals surface area contributed by atoms with E-state index in [1.807, 2.05) is 0 Å². The van der Waals surface area contributed by atoms with E-state index in [2.05, 4.69) is 10.4 Å². The fraction of sp³-hybridized carbons (Fsp3) is 0.158. The van der Waals surface area contributed by atoms with Gasteiger partial charge in [0.2, 0.25) is 0 Å². The molecule has 0 aliphatic rings. The number of hydrogen-bond acceptors (Lipinski definition) is 3. The lowest BCUT2D eigenvalue weighted by molar-refractivity contribution is 0.102. The molecule has 0 bridgehead atoms. The number of hydrogen-bond donors (Lipinski definition) is 1. The predicted octanol–water partition coefficient (Wildman–Crippen LogP) is 4.45. The number of rotatable bonds is 4. The summed E-state index contributed by atoms with van der Waals surface area (Å²) in [6, 6.07) is 11.4. The van der Waals surface area contributed by atoms with Crippen molar-refractivity contribution in [1.82, 2.24) is 9.78 Å². The Morgan fingerprint density at radius 3 is 2.65 bits per heavy atom. The summed E-state index contributed by atoms with van der Waals surface area (Å²) in [5, 5.41) is 7.39. The van der Waals surface area contributed by atoms with Crippen LogP contribution < -0.4 is 10.1 Å². The van der Waals surface area contributed by atoms with Crippen LogP contribution in [-0.2, 0) is 7.05 Å². The molecule has 1 N–H and O–H groups in total. The van der Waals surface area contributed by atoms with E-state index >= 15 is 0 Å². The van der Waals surface area contributed by atoms with Gasteiger partial charge in [0.1, 0.15) is 11.6 Å². The average molecular weight is 374 g/mol. The molecule has 2 aromatic carbocycles. The highest BCUT2D eigenvalue weighted by atomic mass is 35.5. The van der Waals surface area contributed by atoms with Crippen molar-refractivity contribution < 1.29 is 13.9 Å². The average Bonchev–Trinajstić information content (AvgIpc) is 2.99. The monoisotopic (exact) mass is 373 g/mol. The van der Waals surface area contributed by atoms with Crippen LogP contribution in [0.4, 0.5) is 10.1 Å². The summed E-state index contributed by atoms with van der Waals surface area (Å²) in [5.74, 6) is -0.117. The topological polar surface area (TPSA) is 56.1 Å². The molecule has 1 aromatic heterocycles. The van der Waals surface area contributed by atoms with E-state index in [1.165, 1.54) is 13.2 Å². The molecule has 1 amide bonds. The minimum Gasteiger partial charge on any atom is -0.495 e. The molecule has 0 radical (unpaired) electrons. The van der Waals surface area contributed by atoms with Gasteiger partial charge in [-0.3, -0.25) is 9.48 Å². The number of methoxy groups -OCH3 is 1. The van der Waals surface area contributed by atoms with Crippen LogP contribution in [-0.4, -0.2) is 22.8 Å². The SMILES string of the molecule is COc1ccc(NC(=O)c2cc(-c3ccc(F)c(C)c3)n(C)n2)cc1Cl. The van der Waals surface area contributed by atoms with Crippen LogP contribution in [0.1, 0.15) is 16.1 Å². The highest BCUT2D eigenvalue weighted by Crippen LogP contribution is 2.28. The second kappa shape index (κ2) is 7.17. The number of carbonyl (C=O) groups excluding carboxylic acids is 1. The maximum absolute atomic E-state index is 13.5. The van der Waals surface area contributed by atoms with Crippen molar-refractivity contribution in [2.45, 2.75) is 6.92 Å². The van der Waals surface area contributed by atoms with Crippen molar-refractivity contribution >= 4 is 23.2 Å². The predicted molar refractivity (Wildman–Crippen MR) is 99.3 cm³/mol. The summed E-state index contributed by atoms with van der Waals surface area (Å²) in [5.41, 5.74) is 2.81. The molecule has 134 valence electrons. The first-order valence-corrected chi connectivity index (χ1v) is 8.22. The lowest BCUT2D eigenvalue weighted by atomic mass is 10.1. The standard InChI is InChI=1S/C19H17ClFN3O2/c1-11-8-12(4-6-15(11)21)17-10-16(23-24(17)2)19(25)22-13-5-7-18(26-3)14(20)9-13/h4-10H,1-3H3,(H,22,25). The summed E-state index contributed by atoms with van der Waals surface area (Å²) < 4.78 is 20.1. The lowest BCUT2D eigenvalue weighted by Gasteiger charge is -2.06. The van der Waals surface area contributed by atoms with Crippen LogP contribution in [0.2, 0.25) is 5.02 Å². The van der Waals surface area contributed by atoms with E-state index in [-0.39, 0.29) is 17.4 Å². The molecular weight excluding hydrogens is 357 g/mol. The van der Waals surface area contributed by atoms with Gasteiger partial charge < -0.3 is 10.1 Å². The van der Waals surface area contributed by atoms with Crippen LogP contribution in [0.15, 0.2) is 42.5 Å². The molecule has 0 spiro atoms. The Morgan fingerprint density at radius 1 is 1.23 bits per heavy atom. The van der Waals surface area contributed by atoms with Gasteiger partial charge in [-0.05, 0) is 55.0 Å². The quantitative estimate of drug-likeness (QED) is 0.735. The largest absolute Gasteiger partial charge is 0.495 e. The number of benzene rings is 2. The number of anilines is 1. The number of nitrogens with one attached hydrogen (secondary N) is 1. The minimum atomic E-state index is -0.369. The number of aromatic nitrogens is 2. The smallest absolute Gasteiger partial charge is 0.276 e. The summed E-state index contributed by atoms with van der Waals surface area (Å²) in [6.45, 7) is 1.69. The first-order chi connectivity index (χ1) is 12.4. The van der Waals surface area contributed by atoms with E-state index in [0.717, 1.165) is 5.56 Å². The first-order valence-electron chi connectivity index (χ1n) is 7.84. The molecule has 3 rings (SSSR count). The van der Waals surface area contributed by atoms with Gasteiger partial charge in [-0.15, -0.1) is 0 Å². The van der Waals surface area contributed by atoms with E-state index in [1.54, 1.807) is 55.1 Å². The van der Waals surface area contributed by atoms with Crippen molar-refractivity contribution in [2.24, 2.45) is 7.05 Å². The zero-order chi connectivity index (χ0) is 18.8. The summed E-state index contributed by atoms with van der Waals surface area (Å²) in [7, 11) is 3.25. The van der Waals surface area contributed by atoms with Gasteiger partial charge in [-0.1, -0.05) is 11.6 Å². The van der Waals surface area contributed by atoms with Gasteiger partial charge >= 0.3 is 0 Å². The Bertz CT molecular complexity index is 985. The number of amides is 1. The maximum atomic E-state index is 13.5. The Balaban J connectivity index is 1.85. The molecule has 0 aliphatic heterocycles. The second-order valence-electron chi connectivity index (χ2n) is 5.81. The van der Waals surface area contributed by atoms with Gasteiger partial charge in [-0.2, -0.15) is 5.10 Å². The van der Waals surface area contributed by atoms with Gasteiger partial charge in [0.25, 0.3) is 5.91 Å². The second-order valence-corrected chi connectivity index (χ2v) is 6.21. The zero-order valence-electron chi connectivity index (χ0n) is 14.5. The number of aryl methyl sites for hydroxylation is 2. The van der Waals surface area contributed by atoms with Crippen LogP contribution in [0, 0.1) is 12.7 Å². The molecule has 26 heavy (non-hydrogen) atoms. The van der Waals surface area contributed by atoms with E-state index in [4.69, 9.17) is 16.3 Å². The Labute approximate surface area is 155 Å². The molecule has 3 aromatic rings. The summed E-state index contributed by atoms with van der Waals surface area (Å²) in [4.78, 5) is 12.5. The Hall–Kier alpha value is -2.86. The van der Waals surface area contributed by atoms with Gasteiger partial charge in [0.05, 0.1) is 17.8 Å². The van der Waals surface area contributed by atoms with Gasteiger partial charge in [0.15, 0.2) is 5.69 Å². The molecule has 5 nitrogen and oxygen atoms in total. The highest BCUT2D eigenvalue weighted by molar-refractivity contribution is 6.32.